The number of rotatable bonds is 7. The molecular formula is C17H24N4O2. The van der Waals surface area contributed by atoms with E-state index in [-0.39, 0.29) is 11.9 Å². The van der Waals surface area contributed by atoms with Crippen LogP contribution in [-0.2, 0) is 11.3 Å². The second-order valence-corrected chi connectivity index (χ2v) is 5.44. The zero-order valence-electron chi connectivity index (χ0n) is 14.2. The molecule has 0 aliphatic carbocycles. The number of hydrogen-bond donors (Lipinski definition) is 0. The number of aromatic nitrogens is 3. The van der Waals surface area contributed by atoms with Gasteiger partial charge in [0.15, 0.2) is 0 Å². The van der Waals surface area contributed by atoms with Gasteiger partial charge < -0.3 is 9.64 Å². The minimum atomic E-state index is -0.112. The number of amides is 1. The number of aryl methyl sites for hydroxylation is 1. The van der Waals surface area contributed by atoms with Gasteiger partial charge in [-0.3, -0.25) is 14.5 Å². The van der Waals surface area contributed by atoms with Gasteiger partial charge in [0.05, 0.1) is 30.6 Å². The van der Waals surface area contributed by atoms with Gasteiger partial charge in [-0.25, -0.2) is 0 Å². The number of nitrogens with zero attached hydrogens (tertiary/aromatic N) is 4. The van der Waals surface area contributed by atoms with Crippen molar-refractivity contribution in [3.63, 3.8) is 0 Å². The van der Waals surface area contributed by atoms with Gasteiger partial charge in [0, 0.05) is 19.9 Å². The number of pyridine rings is 1. The summed E-state index contributed by atoms with van der Waals surface area (Å²) >= 11 is 0. The highest BCUT2D eigenvalue weighted by molar-refractivity contribution is 5.92. The van der Waals surface area contributed by atoms with Crippen molar-refractivity contribution in [1.82, 2.24) is 19.7 Å². The van der Waals surface area contributed by atoms with Gasteiger partial charge in [0.1, 0.15) is 5.69 Å². The Labute approximate surface area is 137 Å². The predicted octanol–water partition coefficient (Wildman–Crippen LogP) is 2.46. The van der Waals surface area contributed by atoms with Crippen molar-refractivity contribution in [1.29, 1.82) is 0 Å². The van der Waals surface area contributed by atoms with Gasteiger partial charge in [-0.2, -0.15) is 5.10 Å². The molecule has 6 nitrogen and oxygen atoms in total. The van der Waals surface area contributed by atoms with Crippen molar-refractivity contribution in [2.45, 2.75) is 33.4 Å². The van der Waals surface area contributed by atoms with Gasteiger partial charge in [-0.1, -0.05) is 6.07 Å². The maximum Gasteiger partial charge on any atom is 0.272 e. The molecule has 1 amide bonds. The molecule has 0 fully saturated rings. The highest BCUT2D eigenvalue weighted by Crippen LogP contribution is 2.19. The van der Waals surface area contributed by atoms with Crippen molar-refractivity contribution in [2.24, 2.45) is 0 Å². The maximum absolute atomic E-state index is 12.8. The first-order valence-electron chi connectivity index (χ1n) is 7.84. The normalized spacial score (nSPS) is 12.2. The molecule has 0 N–H and O–H groups in total. The Bertz CT molecular complexity index is 639. The summed E-state index contributed by atoms with van der Waals surface area (Å²) < 4.78 is 7.08. The van der Waals surface area contributed by atoms with E-state index in [0.717, 1.165) is 11.4 Å². The number of carbonyl (C=O) groups is 1. The molecule has 0 saturated heterocycles. The van der Waals surface area contributed by atoms with E-state index < -0.39 is 0 Å². The van der Waals surface area contributed by atoms with Crippen molar-refractivity contribution >= 4 is 5.91 Å². The number of carbonyl (C=O) groups excluding carboxylic acids is 1. The lowest BCUT2D eigenvalue weighted by Gasteiger charge is -2.24. The first kappa shape index (κ1) is 17.1. The minimum Gasteiger partial charge on any atom is -0.380 e. The molecule has 0 bridgehead atoms. The van der Waals surface area contributed by atoms with Crippen molar-refractivity contribution in [2.75, 3.05) is 20.3 Å². The Balaban J connectivity index is 2.16. The third-order valence-electron chi connectivity index (χ3n) is 3.79. The summed E-state index contributed by atoms with van der Waals surface area (Å²) in [4.78, 5) is 18.8. The molecule has 23 heavy (non-hydrogen) atoms. The van der Waals surface area contributed by atoms with Crippen LogP contribution in [0.3, 0.4) is 0 Å². The van der Waals surface area contributed by atoms with Crippen LogP contribution in [-0.4, -0.2) is 45.8 Å². The van der Waals surface area contributed by atoms with E-state index in [9.17, 15) is 4.79 Å². The molecule has 0 aliphatic rings. The van der Waals surface area contributed by atoms with Gasteiger partial charge in [0.25, 0.3) is 5.91 Å². The first-order chi connectivity index (χ1) is 11.0. The van der Waals surface area contributed by atoms with E-state index in [1.54, 1.807) is 22.8 Å². The van der Waals surface area contributed by atoms with Gasteiger partial charge in [0.2, 0.25) is 0 Å². The van der Waals surface area contributed by atoms with Gasteiger partial charge in [-0.05, 0) is 39.0 Å². The van der Waals surface area contributed by atoms with Crippen LogP contribution in [0.4, 0.5) is 0 Å². The van der Waals surface area contributed by atoms with E-state index in [1.807, 2.05) is 45.0 Å². The van der Waals surface area contributed by atoms with Crippen LogP contribution in [0.2, 0.25) is 0 Å². The average molecular weight is 316 g/mol. The minimum absolute atomic E-state index is 0.0692. The maximum atomic E-state index is 12.8. The molecule has 0 saturated carbocycles. The molecule has 124 valence electrons. The molecule has 1 atom stereocenters. The second kappa shape index (κ2) is 7.87. The van der Waals surface area contributed by atoms with Crippen LogP contribution in [0.15, 0.2) is 30.5 Å². The molecule has 0 unspecified atom stereocenters. The summed E-state index contributed by atoms with van der Waals surface area (Å²) in [5.74, 6) is -0.0692. The van der Waals surface area contributed by atoms with E-state index in [1.165, 1.54) is 0 Å². The third-order valence-corrected chi connectivity index (χ3v) is 3.79. The fourth-order valence-electron chi connectivity index (χ4n) is 2.36. The lowest BCUT2D eigenvalue weighted by molar-refractivity contribution is 0.0721. The fourth-order valence-corrected chi connectivity index (χ4v) is 2.36. The zero-order chi connectivity index (χ0) is 16.8. The summed E-state index contributed by atoms with van der Waals surface area (Å²) in [5, 5.41) is 4.39. The molecule has 0 aromatic carbocycles. The molecule has 6 heteroatoms. The summed E-state index contributed by atoms with van der Waals surface area (Å²) in [7, 11) is 1.79. The van der Waals surface area contributed by atoms with Crippen molar-refractivity contribution in [3.8, 4) is 0 Å². The summed E-state index contributed by atoms with van der Waals surface area (Å²) in [6.45, 7) is 7.55. The van der Waals surface area contributed by atoms with Crippen molar-refractivity contribution < 1.29 is 9.53 Å². The molecule has 0 aliphatic heterocycles. The summed E-state index contributed by atoms with van der Waals surface area (Å²) in [6, 6.07) is 7.42. The highest BCUT2D eigenvalue weighted by Gasteiger charge is 2.23. The molecule has 2 aromatic heterocycles. The summed E-state index contributed by atoms with van der Waals surface area (Å²) in [5.41, 5.74) is 2.26. The van der Waals surface area contributed by atoms with Crippen LogP contribution in [0.1, 0.15) is 41.8 Å². The Morgan fingerprint density at radius 2 is 2.22 bits per heavy atom. The average Bonchev–Trinajstić information content (AvgIpc) is 2.94. The van der Waals surface area contributed by atoms with Crippen LogP contribution < -0.4 is 0 Å². The molecular weight excluding hydrogens is 292 g/mol. The third kappa shape index (κ3) is 4.16. The van der Waals surface area contributed by atoms with Crippen molar-refractivity contribution in [3.05, 3.63) is 47.5 Å². The first-order valence-corrected chi connectivity index (χ1v) is 7.84. The topological polar surface area (TPSA) is 60.3 Å². The second-order valence-electron chi connectivity index (χ2n) is 5.44. The van der Waals surface area contributed by atoms with E-state index >= 15 is 0 Å². The van der Waals surface area contributed by atoms with Crippen LogP contribution >= 0.6 is 0 Å². The predicted molar refractivity (Wildman–Crippen MR) is 88.2 cm³/mol. The van der Waals surface area contributed by atoms with E-state index in [4.69, 9.17) is 4.74 Å². The largest absolute Gasteiger partial charge is 0.380 e. The quantitative estimate of drug-likeness (QED) is 0.736. The fraction of sp³-hybridized carbons (Fsp3) is 0.471. The van der Waals surface area contributed by atoms with Crippen LogP contribution in [0.25, 0.3) is 0 Å². The Kier molecular flexibility index (Phi) is 5.87. The Morgan fingerprint density at radius 3 is 2.87 bits per heavy atom. The molecule has 0 radical (unpaired) electrons. The molecule has 2 rings (SSSR count). The van der Waals surface area contributed by atoms with E-state index in [0.29, 0.717) is 25.5 Å². The lowest BCUT2D eigenvalue weighted by Crippen LogP contribution is -2.32. The lowest BCUT2D eigenvalue weighted by atomic mass is 10.2. The standard InChI is InChI=1S/C17H24N4O2/c1-5-23-11-10-21-16(12-13(2)19-21)17(22)20(4)14(3)15-8-6-7-9-18-15/h6-9,12,14H,5,10-11H2,1-4H3/t14-/m1/s1. The Morgan fingerprint density at radius 1 is 1.43 bits per heavy atom. The molecule has 2 heterocycles. The SMILES string of the molecule is CCOCCn1nc(C)cc1C(=O)N(C)[C@H](C)c1ccccn1. The zero-order valence-corrected chi connectivity index (χ0v) is 14.2. The molecule has 2 aromatic rings. The number of ether oxygens (including phenoxy) is 1. The Hall–Kier alpha value is -2.21. The van der Waals surface area contributed by atoms with E-state index in [2.05, 4.69) is 10.1 Å². The van der Waals surface area contributed by atoms with Crippen LogP contribution in [0, 0.1) is 6.92 Å². The highest BCUT2D eigenvalue weighted by atomic mass is 16.5. The smallest absolute Gasteiger partial charge is 0.272 e. The van der Waals surface area contributed by atoms with Crippen LogP contribution in [0.5, 0.6) is 0 Å². The molecule has 0 spiro atoms. The number of hydrogen-bond acceptors (Lipinski definition) is 4. The summed E-state index contributed by atoms with van der Waals surface area (Å²) in [6.07, 6.45) is 1.74. The monoisotopic (exact) mass is 316 g/mol. The van der Waals surface area contributed by atoms with Gasteiger partial charge >= 0.3 is 0 Å². The van der Waals surface area contributed by atoms with Gasteiger partial charge in [-0.15, -0.1) is 0 Å².